The largest absolute Gasteiger partial charge is 0.466 e. The lowest BCUT2D eigenvalue weighted by molar-refractivity contribution is -0.143. The van der Waals surface area contributed by atoms with Gasteiger partial charge in [-0.25, -0.2) is 4.79 Å². The molecule has 6 heteroatoms. The van der Waals surface area contributed by atoms with Crippen molar-refractivity contribution in [1.82, 2.24) is 10.2 Å². The third-order valence-electron chi connectivity index (χ3n) is 2.72. The fourth-order valence-electron chi connectivity index (χ4n) is 1.86. The van der Waals surface area contributed by atoms with Crippen molar-refractivity contribution in [1.29, 1.82) is 0 Å². The monoisotopic (exact) mass is 244 g/mol. The fourth-order valence-corrected chi connectivity index (χ4v) is 1.86. The third-order valence-corrected chi connectivity index (χ3v) is 2.72. The van der Waals surface area contributed by atoms with Crippen molar-refractivity contribution in [3.63, 3.8) is 0 Å². The highest BCUT2D eigenvalue weighted by Crippen LogP contribution is 2.09. The molecule has 0 aromatic carbocycles. The summed E-state index contributed by atoms with van der Waals surface area (Å²) in [6, 6.07) is 0.115. The molecule has 1 aliphatic rings. The molecule has 0 spiro atoms. The van der Waals surface area contributed by atoms with E-state index in [2.05, 4.69) is 15.0 Å². The number of alkyl carbamates (subject to hydrolysis) is 1. The van der Waals surface area contributed by atoms with Gasteiger partial charge in [-0.2, -0.15) is 0 Å². The number of esters is 1. The van der Waals surface area contributed by atoms with Crippen LogP contribution in [0.1, 0.15) is 19.8 Å². The molecule has 0 aliphatic carbocycles. The van der Waals surface area contributed by atoms with Gasteiger partial charge in [0, 0.05) is 25.7 Å². The first-order valence-electron chi connectivity index (χ1n) is 5.88. The Kier molecular flexibility index (Phi) is 5.76. The van der Waals surface area contributed by atoms with Gasteiger partial charge in [0.1, 0.15) is 0 Å². The van der Waals surface area contributed by atoms with Crippen molar-refractivity contribution >= 4 is 12.1 Å². The molecule has 1 N–H and O–H groups in total. The number of likely N-dealkylation sites (tertiary alicyclic amines) is 1. The summed E-state index contributed by atoms with van der Waals surface area (Å²) in [5, 5.41) is 2.75. The average molecular weight is 244 g/mol. The maximum atomic E-state index is 11.2. The van der Waals surface area contributed by atoms with E-state index in [1.807, 2.05) is 0 Å². The van der Waals surface area contributed by atoms with Crippen LogP contribution in [0.2, 0.25) is 0 Å². The summed E-state index contributed by atoms with van der Waals surface area (Å²) in [6.45, 7) is 4.54. The predicted molar refractivity (Wildman–Crippen MR) is 61.6 cm³/mol. The molecule has 0 saturated carbocycles. The zero-order chi connectivity index (χ0) is 12.7. The minimum absolute atomic E-state index is 0.115. The van der Waals surface area contributed by atoms with Gasteiger partial charge >= 0.3 is 12.1 Å². The molecule has 1 heterocycles. The number of nitrogens with zero attached hydrogens (tertiary/aromatic N) is 1. The van der Waals surface area contributed by atoms with E-state index in [1.165, 1.54) is 7.11 Å². The summed E-state index contributed by atoms with van der Waals surface area (Å²) >= 11 is 0. The minimum atomic E-state index is -0.401. The number of hydrogen-bond acceptors (Lipinski definition) is 5. The second kappa shape index (κ2) is 7.11. The summed E-state index contributed by atoms with van der Waals surface area (Å²) < 4.78 is 9.39. The van der Waals surface area contributed by atoms with E-state index in [-0.39, 0.29) is 12.0 Å². The summed E-state index contributed by atoms with van der Waals surface area (Å²) in [5.41, 5.74) is 0. The Morgan fingerprint density at radius 2 is 2.24 bits per heavy atom. The Bertz CT molecular complexity index is 270. The standard InChI is InChI=1S/C11H20N2O4/c1-3-17-10(14)5-7-13-6-4-9(8-13)12-11(15)16-2/h9H,3-8H2,1-2H3,(H,12,15). The topological polar surface area (TPSA) is 67.9 Å². The van der Waals surface area contributed by atoms with Gasteiger partial charge in [0.15, 0.2) is 0 Å². The summed E-state index contributed by atoms with van der Waals surface area (Å²) in [4.78, 5) is 24.3. The molecule has 1 saturated heterocycles. The number of nitrogens with one attached hydrogen (secondary N) is 1. The Balaban J connectivity index is 2.17. The Morgan fingerprint density at radius 3 is 2.88 bits per heavy atom. The molecule has 1 unspecified atom stereocenters. The van der Waals surface area contributed by atoms with Crippen LogP contribution < -0.4 is 5.32 Å². The van der Waals surface area contributed by atoms with Crippen LogP contribution in [0.3, 0.4) is 0 Å². The average Bonchev–Trinajstić information content (AvgIpc) is 2.74. The highest BCUT2D eigenvalue weighted by Gasteiger charge is 2.24. The number of ether oxygens (including phenoxy) is 2. The molecule has 1 rings (SSSR count). The smallest absolute Gasteiger partial charge is 0.407 e. The van der Waals surface area contributed by atoms with Crippen molar-refractivity contribution < 1.29 is 19.1 Å². The molecule has 0 radical (unpaired) electrons. The molecule has 1 fully saturated rings. The Morgan fingerprint density at radius 1 is 1.47 bits per heavy atom. The molecule has 1 aliphatic heterocycles. The summed E-state index contributed by atoms with van der Waals surface area (Å²) in [7, 11) is 1.35. The normalized spacial score (nSPS) is 20.0. The SMILES string of the molecule is CCOC(=O)CCN1CCC(NC(=O)OC)C1. The van der Waals surface area contributed by atoms with E-state index in [1.54, 1.807) is 6.92 Å². The van der Waals surface area contributed by atoms with E-state index < -0.39 is 6.09 Å². The van der Waals surface area contributed by atoms with Crippen LogP contribution in [0.15, 0.2) is 0 Å². The first-order chi connectivity index (χ1) is 8.15. The predicted octanol–water partition coefficient (Wildman–Crippen LogP) is 0.370. The second-order valence-electron chi connectivity index (χ2n) is 3.98. The van der Waals surface area contributed by atoms with E-state index in [0.29, 0.717) is 19.6 Å². The van der Waals surface area contributed by atoms with Crippen molar-refractivity contribution in [2.45, 2.75) is 25.8 Å². The van der Waals surface area contributed by atoms with Crippen LogP contribution in [-0.2, 0) is 14.3 Å². The summed E-state index contributed by atoms with van der Waals surface area (Å²) in [6.07, 6.45) is 0.888. The number of methoxy groups -OCH3 is 1. The highest BCUT2D eigenvalue weighted by atomic mass is 16.5. The lowest BCUT2D eigenvalue weighted by Gasteiger charge is -2.15. The van der Waals surface area contributed by atoms with Gasteiger partial charge in [-0.05, 0) is 13.3 Å². The maximum absolute atomic E-state index is 11.2. The lowest BCUT2D eigenvalue weighted by atomic mass is 10.3. The molecule has 98 valence electrons. The molecule has 6 nitrogen and oxygen atoms in total. The molecule has 0 aromatic rings. The molecule has 1 atom stereocenters. The van der Waals surface area contributed by atoms with Gasteiger partial charge < -0.3 is 19.7 Å². The zero-order valence-electron chi connectivity index (χ0n) is 10.4. The van der Waals surface area contributed by atoms with Crippen molar-refractivity contribution in [2.75, 3.05) is 33.4 Å². The number of rotatable bonds is 5. The maximum Gasteiger partial charge on any atom is 0.407 e. The lowest BCUT2D eigenvalue weighted by Crippen LogP contribution is -2.37. The second-order valence-corrected chi connectivity index (χ2v) is 3.98. The quantitative estimate of drug-likeness (QED) is 0.708. The Hall–Kier alpha value is -1.30. The summed E-state index contributed by atoms with van der Waals surface area (Å²) in [5.74, 6) is -0.170. The molecule has 1 amide bonds. The number of hydrogen-bond donors (Lipinski definition) is 1. The van der Waals surface area contributed by atoms with Crippen LogP contribution in [0.5, 0.6) is 0 Å². The molecule has 17 heavy (non-hydrogen) atoms. The van der Waals surface area contributed by atoms with Gasteiger partial charge in [-0.15, -0.1) is 0 Å². The highest BCUT2D eigenvalue weighted by molar-refractivity contribution is 5.69. The van der Waals surface area contributed by atoms with Gasteiger partial charge in [-0.1, -0.05) is 0 Å². The number of carbonyl (C=O) groups excluding carboxylic acids is 2. The van der Waals surface area contributed by atoms with Crippen molar-refractivity contribution in [3.8, 4) is 0 Å². The van der Waals surface area contributed by atoms with Gasteiger partial charge in [0.2, 0.25) is 0 Å². The van der Waals surface area contributed by atoms with Crippen molar-refractivity contribution in [2.24, 2.45) is 0 Å². The van der Waals surface area contributed by atoms with E-state index in [0.717, 1.165) is 19.5 Å². The van der Waals surface area contributed by atoms with Crippen LogP contribution in [0.4, 0.5) is 4.79 Å². The van der Waals surface area contributed by atoms with E-state index in [4.69, 9.17) is 4.74 Å². The molecular weight excluding hydrogens is 224 g/mol. The fraction of sp³-hybridized carbons (Fsp3) is 0.818. The Labute approximate surface area is 101 Å². The minimum Gasteiger partial charge on any atom is -0.466 e. The van der Waals surface area contributed by atoms with Gasteiger partial charge in [-0.3, -0.25) is 4.79 Å². The van der Waals surface area contributed by atoms with Crippen molar-refractivity contribution in [3.05, 3.63) is 0 Å². The molecule has 0 bridgehead atoms. The first-order valence-corrected chi connectivity index (χ1v) is 5.88. The van der Waals surface area contributed by atoms with Crippen LogP contribution in [-0.4, -0.2) is 56.4 Å². The number of amides is 1. The van der Waals surface area contributed by atoms with Crippen LogP contribution >= 0.6 is 0 Å². The van der Waals surface area contributed by atoms with Crippen LogP contribution in [0.25, 0.3) is 0 Å². The van der Waals surface area contributed by atoms with Crippen LogP contribution in [0, 0.1) is 0 Å². The third kappa shape index (κ3) is 5.04. The molecule has 0 aromatic heterocycles. The van der Waals surface area contributed by atoms with Gasteiger partial charge in [0.25, 0.3) is 0 Å². The zero-order valence-corrected chi connectivity index (χ0v) is 10.4. The van der Waals surface area contributed by atoms with E-state index >= 15 is 0 Å². The van der Waals surface area contributed by atoms with E-state index in [9.17, 15) is 9.59 Å². The number of carbonyl (C=O) groups is 2. The molecular formula is C11H20N2O4. The first kappa shape index (κ1) is 13.8. The van der Waals surface area contributed by atoms with Gasteiger partial charge in [0.05, 0.1) is 20.1 Å².